The van der Waals surface area contributed by atoms with Gasteiger partial charge in [-0.3, -0.25) is 4.79 Å². The third-order valence-electron chi connectivity index (χ3n) is 5.06. The molecule has 0 aromatic heterocycles. The smallest absolute Gasteiger partial charge is 0.338 e. The fourth-order valence-electron chi connectivity index (χ4n) is 3.60. The minimum Gasteiger partial charge on any atom is -0.484 e. The topological polar surface area (TPSA) is 80.2 Å². The average Bonchev–Trinajstić information content (AvgIpc) is 3.27. The van der Waals surface area contributed by atoms with E-state index in [0.717, 1.165) is 10.7 Å². The van der Waals surface area contributed by atoms with Gasteiger partial charge in [0.1, 0.15) is 5.75 Å². The highest BCUT2D eigenvalue weighted by atomic mass is 35.5. The molecule has 4 rings (SSSR count). The van der Waals surface area contributed by atoms with E-state index in [1.807, 2.05) is 28.6 Å². The Balaban J connectivity index is 1.52. The van der Waals surface area contributed by atoms with E-state index >= 15 is 0 Å². The SMILES string of the molecule is CCOC(=O)C1=C(C)N=C2SC=CN2[C@H]1c1cccc(OCC(=O)Nc2ccc(Cl)cc2Cl)c1. The van der Waals surface area contributed by atoms with Gasteiger partial charge in [-0.25, -0.2) is 9.79 Å². The van der Waals surface area contributed by atoms with Crippen LogP contribution < -0.4 is 10.1 Å². The molecule has 176 valence electrons. The number of esters is 1. The summed E-state index contributed by atoms with van der Waals surface area (Å²) in [5.41, 5.74) is 2.32. The lowest BCUT2D eigenvalue weighted by molar-refractivity contribution is -0.139. The van der Waals surface area contributed by atoms with Gasteiger partial charge in [0.25, 0.3) is 5.91 Å². The summed E-state index contributed by atoms with van der Waals surface area (Å²) in [7, 11) is 0. The molecule has 1 atom stereocenters. The maximum atomic E-state index is 12.8. The first kappa shape index (κ1) is 24.2. The molecule has 2 heterocycles. The summed E-state index contributed by atoms with van der Waals surface area (Å²) in [5, 5.41) is 6.21. The van der Waals surface area contributed by atoms with Gasteiger partial charge in [0.2, 0.25) is 0 Å². The number of hydrogen-bond acceptors (Lipinski definition) is 7. The molecule has 0 saturated carbocycles. The molecule has 0 aliphatic carbocycles. The van der Waals surface area contributed by atoms with Crippen molar-refractivity contribution in [1.82, 2.24) is 4.90 Å². The van der Waals surface area contributed by atoms with Crippen LogP contribution in [0, 0.1) is 0 Å². The molecular formula is C24H21Cl2N3O4S. The lowest BCUT2D eigenvalue weighted by Crippen LogP contribution is -2.34. The highest BCUT2D eigenvalue weighted by Crippen LogP contribution is 2.41. The van der Waals surface area contributed by atoms with Crippen molar-refractivity contribution in [2.75, 3.05) is 18.5 Å². The summed E-state index contributed by atoms with van der Waals surface area (Å²) in [6, 6.07) is 11.6. The van der Waals surface area contributed by atoms with Crippen LogP contribution in [-0.4, -0.2) is 35.2 Å². The molecule has 0 radical (unpaired) electrons. The van der Waals surface area contributed by atoms with Crippen molar-refractivity contribution in [3.8, 4) is 5.75 Å². The summed E-state index contributed by atoms with van der Waals surface area (Å²) >= 11 is 13.5. The van der Waals surface area contributed by atoms with Crippen LogP contribution >= 0.6 is 35.0 Å². The van der Waals surface area contributed by atoms with E-state index in [0.29, 0.717) is 32.8 Å². The number of rotatable bonds is 7. The number of carbonyl (C=O) groups excluding carboxylic acids is 2. The van der Waals surface area contributed by atoms with Crippen molar-refractivity contribution in [2.45, 2.75) is 19.9 Å². The third-order valence-corrected chi connectivity index (χ3v) is 6.38. The molecule has 10 heteroatoms. The zero-order valence-corrected chi connectivity index (χ0v) is 20.7. The molecule has 34 heavy (non-hydrogen) atoms. The molecule has 0 saturated heterocycles. The number of halogens is 2. The van der Waals surface area contributed by atoms with Crippen LogP contribution in [0.15, 0.2) is 70.3 Å². The lowest BCUT2D eigenvalue weighted by atomic mass is 9.94. The zero-order valence-electron chi connectivity index (χ0n) is 18.4. The number of allylic oxidation sites excluding steroid dienone is 1. The first-order valence-corrected chi connectivity index (χ1v) is 12.1. The highest BCUT2D eigenvalue weighted by Gasteiger charge is 2.37. The van der Waals surface area contributed by atoms with Gasteiger partial charge in [-0.2, -0.15) is 0 Å². The van der Waals surface area contributed by atoms with Crippen molar-refractivity contribution in [3.63, 3.8) is 0 Å². The number of thioether (sulfide) groups is 1. The number of amides is 1. The van der Waals surface area contributed by atoms with Crippen LogP contribution in [0.1, 0.15) is 25.5 Å². The molecule has 1 N–H and O–H groups in total. The summed E-state index contributed by atoms with van der Waals surface area (Å²) in [6.45, 7) is 3.61. The van der Waals surface area contributed by atoms with Crippen LogP contribution in [0.3, 0.4) is 0 Å². The second-order valence-electron chi connectivity index (χ2n) is 7.36. The molecule has 0 unspecified atom stereocenters. The predicted octanol–water partition coefficient (Wildman–Crippen LogP) is 5.78. The molecule has 0 fully saturated rings. The second-order valence-corrected chi connectivity index (χ2v) is 9.08. The van der Waals surface area contributed by atoms with Crippen LogP contribution in [0.5, 0.6) is 5.75 Å². The second kappa shape index (κ2) is 10.5. The minimum atomic E-state index is -0.428. The molecule has 0 bridgehead atoms. The summed E-state index contributed by atoms with van der Waals surface area (Å²) in [5.74, 6) is -0.303. The molecule has 2 aliphatic heterocycles. The molecule has 2 aromatic carbocycles. The molecule has 7 nitrogen and oxygen atoms in total. The third kappa shape index (κ3) is 5.24. The number of ether oxygens (including phenoxy) is 2. The van der Waals surface area contributed by atoms with Crippen molar-refractivity contribution in [3.05, 3.63) is 81.0 Å². The molecular weight excluding hydrogens is 497 g/mol. The van der Waals surface area contributed by atoms with Crippen LogP contribution in [0.2, 0.25) is 10.0 Å². The van der Waals surface area contributed by atoms with E-state index in [1.54, 1.807) is 44.2 Å². The predicted molar refractivity (Wildman–Crippen MR) is 135 cm³/mol. The highest BCUT2D eigenvalue weighted by molar-refractivity contribution is 8.16. The number of nitrogens with zero attached hydrogens (tertiary/aromatic N) is 2. The van der Waals surface area contributed by atoms with E-state index < -0.39 is 12.0 Å². The standard InChI is InChI=1S/C24H21Cl2N3O4S/c1-3-32-23(31)21-14(2)27-24-29(9-10-34-24)22(21)15-5-4-6-17(11-15)33-13-20(30)28-19-8-7-16(25)12-18(19)26/h4-12,22H,3,13H2,1-2H3,(H,28,30)/t22-/m0/s1. The van der Waals surface area contributed by atoms with E-state index in [9.17, 15) is 9.59 Å². The van der Waals surface area contributed by atoms with Gasteiger partial charge in [-0.15, -0.1) is 0 Å². The normalized spacial score (nSPS) is 16.8. The van der Waals surface area contributed by atoms with Crippen LogP contribution in [0.4, 0.5) is 5.69 Å². The number of hydrogen-bond donors (Lipinski definition) is 1. The Bertz CT molecular complexity index is 1230. The Labute approximate surface area is 211 Å². The zero-order chi connectivity index (χ0) is 24.2. The number of fused-ring (bicyclic) bond motifs is 1. The van der Waals surface area contributed by atoms with Crippen molar-refractivity contribution < 1.29 is 19.1 Å². The van der Waals surface area contributed by atoms with Crippen molar-refractivity contribution >= 4 is 57.7 Å². The van der Waals surface area contributed by atoms with Gasteiger partial charge in [0.15, 0.2) is 11.8 Å². The Kier molecular flexibility index (Phi) is 7.50. The van der Waals surface area contributed by atoms with Gasteiger partial charge in [0.05, 0.1) is 34.6 Å². The maximum Gasteiger partial charge on any atom is 0.338 e. The summed E-state index contributed by atoms with van der Waals surface area (Å²) < 4.78 is 11.0. The Morgan fingerprint density at radius 3 is 2.79 bits per heavy atom. The fraction of sp³-hybridized carbons (Fsp3) is 0.208. The number of aliphatic imine (C=N–C) groups is 1. The molecule has 2 aromatic rings. The fourth-order valence-corrected chi connectivity index (χ4v) is 4.85. The van der Waals surface area contributed by atoms with E-state index in [2.05, 4.69) is 10.3 Å². The maximum absolute atomic E-state index is 12.8. The van der Waals surface area contributed by atoms with Gasteiger partial charge in [-0.1, -0.05) is 47.1 Å². The number of amidine groups is 1. The first-order valence-electron chi connectivity index (χ1n) is 10.4. The van der Waals surface area contributed by atoms with E-state index in [-0.39, 0.29) is 19.1 Å². The van der Waals surface area contributed by atoms with E-state index in [1.165, 1.54) is 11.8 Å². The van der Waals surface area contributed by atoms with Crippen molar-refractivity contribution in [1.29, 1.82) is 0 Å². The molecule has 2 aliphatic rings. The van der Waals surface area contributed by atoms with Crippen LogP contribution in [-0.2, 0) is 14.3 Å². The molecule has 0 spiro atoms. The summed E-state index contributed by atoms with van der Waals surface area (Å²) in [4.78, 5) is 31.7. The van der Waals surface area contributed by atoms with Gasteiger partial charge in [0, 0.05) is 11.2 Å². The van der Waals surface area contributed by atoms with Gasteiger partial charge in [-0.05, 0) is 55.2 Å². The Morgan fingerprint density at radius 1 is 1.21 bits per heavy atom. The van der Waals surface area contributed by atoms with E-state index in [4.69, 9.17) is 32.7 Å². The quantitative estimate of drug-likeness (QED) is 0.469. The number of anilines is 1. The van der Waals surface area contributed by atoms with Crippen LogP contribution in [0.25, 0.3) is 0 Å². The number of carbonyl (C=O) groups is 2. The summed E-state index contributed by atoms with van der Waals surface area (Å²) in [6.07, 6.45) is 1.89. The largest absolute Gasteiger partial charge is 0.484 e. The van der Waals surface area contributed by atoms with Crippen molar-refractivity contribution in [2.24, 2.45) is 4.99 Å². The Morgan fingerprint density at radius 2 is 2.03 bits per heavy atom. The molecule has 1 amide bonds. The minimum absolute atomic E-state index is 0.223. The van der Waals surface area contributed by atoms with Gasteiger partial charge < -0.3 is 19.7 Å². The monoisotopic (exact) mass is 517 g/mol. The lowest BCUT2D eigenvalue weighted by Gasteiger charge is -2.33. The number of benzene rings is 2. The van der Waals surface area contributed by atoms with Gasteiger partial charge >= 0.3 is 5.97 Å². The number of nitrogens with one attached hydrogen (secondary N) is 1. The first-order chi connectivity index (χ1) is 16.4. The Hall–Kier alpha value is -2.94. The average molecular weight is 518 g/mol.